The van der Waals surface area contributed by atoms with Crippen molar-refractivity contribution in [2.75, 3.05) is 18.0 Å². The smallest absolute Gasteiger partial charge is 0.303 e. The Balaban J connectivity index is 2.30. The topological polar surface area (TPSA) is 92.4 Å². The molecule has 104 valence electrons. The summed E-state index contributed by atoms with van der Waals surface area (Å²) < 4.78 is 0. The Morgan fingerprint density at radius 1 is 1.42 bits per heavy atom. The molecule has 0 aliphatic carbocycles. The Kier molecular flexibility index (Phi) is 6.52. The lowest BCUT2D eigenvalue weighted by Crippen LogP contribution is -2.26. The van der Waals surface area contributed by atoms with E-state index in [2.05, 4.69) is 5.32 Å². The van der Waals surface area contributed by atoms with Crippen LogP contribution in [0, 0.1) is 0 Å². The van der Waals surface area contributed by atoms with E-state index in [9.17, 15) is 9.59 Å². The monoisotopic (exact) mass is 302 g/mol. The van der Waals surface area contributed by atoms with Crippen LogP contribution in [0.15, 0.2) is 23.1 Å². The first kappa shape index (κ1) is 15.7. The molecule has 0 spiro atoms. The average Bonchev–Trinajstić information content (AvgIpc) is 2.35. The first-order chi connectivity index (χ1) is 8.99. The lowest BCUT2D eigenvalue weighted by molar-refractivity contribution is -0.137. The molecule has 0 bridgehead atoms. The molecular weight excluding hydrogens is 288 g/mol. The van der Waals surface area contributed by atoms with Crippen molar-refractivity contribution < 1.29 is 14.7 Å². The van der Waals surface area contributed by atoms with E-state index >= 15 is 0 Å². The summed E-state index contributed by atoms with van der Waals surface area (Å²) in [5.74, 6) is -0.806. The third-order valence-corrected chi connectivity index (χ3v) is 3.70. The van der Waals surface area contributed by atoms with Crippen LogP contribution in [0.4, 0.5) is 5.69 Å². The third-order valence-electron chi connectivity index (χ3n) is 2.20. The highest BCUT2D eigenvalue weighted by atomic mass is 35.5. The second-order valence-electron chi connectivity index (χ2n) is 3.83. The van der Waals surface area contributed by atoms with Gasteiger partial charge in [0.05, 0.1) is 10.8 Å². The highest BCUT2D eigenvalue weighted by molar-refractivity contribution is 8.00. The van der Waals surface area contributed by atoms with Gasteiger partial charge in [0.2, 0.25) is 5.91 Å². The number of nitrogens with two attached hydrogens (primary N) is 1. The number of anilines is 1. The first-order valence-electron chi connectivity index (χ1n) is 5.65. The lowest BCUT2D eigenvalue weighted by atomic mass is 10.3. The second-order valence-corrected chi connectivity index (χ2v) is 5.25. The molecule has 0 heterocycles. The van der Waals surface area contributed by atoms with Crippen LogP contribution in [-0.2, 0) is 9.59 Å². The van der Waals surface area contributed by atoms with E-state index in [4.69, 9.17) is 22.4 Å². The van der Waals surface area contributed by atoms with Gasteiger partial charge in [0, 0.05) is 23.5 Å². The number of halogens is 1. The molecule has 19 heavy (non-hydrogen) atoms. The largest absolute Gasteiger partial charge is 0.481 e. The van der Waals surface area contributed by atoms with Gasteiger partial charge >= 0.3 is 5.97 Å². The second kappa shape index (κ2) is 7.91. The standard InChI is InChI=1S/C12H15ClN2O3S/c13-9-4-3-8(14)6-10(9)19-7-11(16)15-5-1-2-12(17)18/h3-4,6H,1-2,5,7,14H2,(H,15,16)(H,17,18). The zero-order valence-electron chi connectivity index (χ0n) is 10.2. The molecule has 0 saturated carbocycles. The number of rotatable bonds is 7. The molecule has 5 nitrogen and oxygen atoms in total. The van der Waals surface area contributed by atoms with Crippen LogP contribution < -0.4 is 11.1 Å². The van der Waals surface area contributed by atoms with Crippen molar-refractivity contribution in [1.29, 1.82) is 0 Å². The molecule has 0 aliphatic rings. The molecule has 1 aromatic rings. The average molecular weight is 303 g/mol. The zero-order valence-corrected chi connectivity index (χ0v) is 11.8. The molecular formula is C12H15ClN2O3S. The minimum Gasteiger partial charge on any atom is -0.481 e. The van der Waals surface area contributed by atoms with E-state index in [1.54, 1.807) is 18.2 Å². The number of carbonyl (C=O) groups excluding carboxylic acids is 1. The van der Waals surface area contributed by atoms with Crippen LogP contribution in [0.1, 0.15) is 12.8 Å². The van der Waals surface area contributed by atoms with E-state index in [-0.39, 0.29) is 18.1 Å². The number of aliphatic carboxylic acids is 1. The molecule has 0 radical (unpaired) electrons. The Morgan fingerprint density at radius 2 is 2.16 bits per heavy atom. The number of hydrogen-bond donors (Lipinski definition) is 3. The minimum atomic E-state index is -0.866. The van der Waals surface area contributed by atoms with Crippen molar-refractivity contribution in [3.05, 3.63) is 23.2 Å². The molecule has 0 aromatic heterocycles. The summed E-state index contributed by atoms with van der Waals surface area (Å²) in [5, 5.41) is 11.6. The van der Waals surface area contributed by atoms with Gasteiger partial charge in [0.1, 0.15) is 0 Å². The molecule has 0 aliphatic heterocycles. The molecule has 1 rings (SSSR count). The fraction of sp³-hybridized carbons (Fsp3) is 0.333. The number of benzene rings is 1. The predicted octanol–water partition coefficient (Wildman–Crippen LogP) is 2.00. The summed E-state index contributed by atoms with van der Waals surface area (Å²) in [6.07, 6.45) is 0.471. The van der Waals surface area contributed by atoms with Gasteiger partial charge in [-0.1, -0.05) is 11.6 Å². The number of amides is 1. The lowest BCUT2D eigenvalue weighted by Gasteiger charge is -2.06. The number of carbonyl (C=O) groups is 2. The van der Waals surface area contributed by atoms with Crippen molar-refractivity contribution >= 4 is 40.9 Å². The predicted molar refractivity (Wildman–Crippen MR) is 76.5 cm³/mol. The SMILES string of the molecule is Nc1ccc(Cl)c(SCC(=O)NCCCC(=O)O)c1. The number of carboxylic acids is 1. The molecule has 0 fully saturated rings. The van der Waals surface area contributed by atoms with Crippen LogP contribution >= 0.6 is 23.4 Å². The van der Waals surface area contributed by atoms with Crippen molar-refractivity contribution in [3.63, 3.8) is 0 Å². The number of carboxylic acid groups (broad SMARTS) is 1. The Bertz CT molecular complexity index is 468. The van der Waals surface area contributed by atoms with Crippen LogP contribution in [0.5, 0.6) is 0 Å². The van der Waals surface area contributed by atoms with Gasteiger partial charge in [0.25, 0.3) is 0 Å². The van der Waals surface area contributed by atoms with Crippen LogP contribution in [0.25, 0.3) is 0 Å². The number of nitrogen functional groups attached to an aromatic ring is 1. The van der Waals surface area contributed by atoms with Crippen LogP contribution in [-0.4, -0.2) is 29.3 Å². The fourth-order valence-corrected chi connectivity index (χ4v) is 2.39. The Morgan fingerprint density at radius 3 is 2.84 bits per heavy atom. The Labute approximate surface area is 120 Å². The number of hydrogen-bond acceptors (Lipinski definition) is 4. The van der Waals surface area contributed by atoms with Gasteiger partial charge in [-0.25, -0.2) is 0 Å². The van der Waals surface area contributed by atoms with Crippen molar-refractivity contribution in [3.8, 4) is 0 Å². The summed E-state index contributed by atoms with van der Waals surface area (Å²) >= 11 is 7.26. The molecule has 0 unspecified atom stereocenters. The summed E-state index contributed by atoms with van der Waals surface area (Å²) in [5.41, 5.74) is 6.22. The van der Waals surface area contributed by atoms with Crippen molar-refractivity contribution in [1.82, 2.24) is 5.32 Å². The Hall–Kier alpha value is -1.40. The van der Waals surface area contributed by atoms with Gasteiger partial charge in [-0.15, -0.1) is 11.8 Å². The van der Waals surface area contributed by atoms with Gasteiger partial charge < -0.3 is 16.2 Å². The van der Waals surface area contributed by atoms with Crippen LogP contribution in [0.2, 0.25) is 5.02 Å². The molecule has 1 amide bonds. The van der Waals surface area contributed by atoms with Gasteiger partial charge in [0.15, 0.2) is 0 Å². The maximum Gasteiger partial charge on any atom is 0.303 e. The quantitative estimate of drug-likeness (QED) is 0.407. The van der Waals surface area contributed by atoms with E-state index in [0.717, 1.165) is 4.90 Å². The maximum atomic E-state index is 11.5. The number of thioether (sulfide) groups is 1. The molecule has 0 atom stereocenters. The van der Waals surface area contributed by atoms with Crippen LogP contribution in [0.3, 0.4) is 0 Å². The van der Waals surface area contributed by atoms with Crippen molar-refractivity contribution in [2.45, 2.75) is 17.7 Å². The molecule has 4 N–H and O–H groups in total. The van der Waals surface area contributed by atoms with Crippen molar-refractivity contribution in [2.24, 2.45) is 0 Å². The molecule has 0 saturated heterocycles. The van der Waals surface area contributed by atoms with Gasteiger partial charge in [-0.3, -0.25) is 9.59 Å². The van der Waals surface area contributed by atoms with E-state index in [1.807, 2.05) is 0 Å². The third kappa shape index (κ3) is 6.35. The molecule has 7 heteroatoms. The van der Waals surface area contributed by atoms with Gasteiger partial charge in [-0.05, 0) is 24.6 Å². The zero-order chi connectivity index (χ0) is 14.3. The van der Waals surface area contributed by atoms with Gasteiger partial charge in [-0.2, -0.15) is 0 Å². The van der Waals surface area contributed by atoms with E-state index in [0.29, 0.717) is 23.7 Å². The summed E-state index contributed by atoms with van der Waals surface area (Å²) in [4.78, 5) is 22.5. The summed E-state index contributed by atoms with van der Waals surface area (Å²) in [7, 11) is 0. The highest BCUT2D eigenvalue weighted by Crippen LogP contribution is 2.28. The number of nitrogens with one attached hydrogen (secondary N) is 1. The summed E-state index contributed by atoms with van der Waals surface area (Å²) in [6.45, 7) is 0.357. The highest BCUT2D eigenvalue weighted by Gasteiger charge is 2.06. The summed E-state index contributed by atoms with van der Waals surface area (Å²) in [6, 6.07) is 5.09. The van der Waals surface area contributed by atoms with E-state index in [1.165, 1.54) is 11.8 Å². The first-order valence-corrected chi connectivity index (χ1v) is 7.01. The normalized spacial score (nSPS) is 10.2. The molecule has 1 aromatic carbocycles. The fourth-order valence-electron chi connectivity index (χ4n) is 1.29. The van der Waals surface area contributed by atoms with E-state index < -0.39 is 5.97 Å². The minimum absolute atomic E-state index is 0.0501. The maximum absolute atomic E-state index is 11.5.